The van der Waals surface area contributed by atoms with E-state index in [4.69, 9.17) is 11.6 Å². The third kappa shape index (κ3) is 9.79. The van der Waals surface area contributed by atoms with Gasteiger partial charge in [-0.05, 0) is 121 Å². The van der Waals surface area contributed by atoms with Gasteiger partial charge in [0.2, 0.25) is 0 Å². The van der Waals surface area contributed by atoms with Gasteiger partial charge in [-0.3, -0.25) is 0 Å². The van der Waals surface area contributed by atoms with Crippen molar-refractivity contribution in [1.82, 2.24) is 0 Å². The average Bonchev–Trinajstić information content (AvgIpc) is 3.73. The first-order valence-electron chi connectivity index (χ1n) is 16.3. The zero-order chi connectivity index (χ0) is 35.9. The Bertz CT molecular complexity index is 1910. The fourth-order valence-corrected chi connectivity index (χ4v) is 7.81. The lowest BCUT2D eigenvalue weighted by molar-refractivity contribution is -0.462. The molecule has 2 aromatic heterocycles. The Balaban J connectivity index is 0.000000224. The Labute approximate surface area is 331 Å². The molecule has 0 amide bonds. The maximum Gasteiger partial charge on any atom is 0.199 e. The van der Waals surface area contributed by atoms with E-state index in [1.54, 1.807) is 22.7 Å². The highest BCUT2D eigenvalue weighted by Gasteiger charge is 2.18. The Kier molecular flexibility index (Phi) is 14.3. The molecule has 264 valence electrons. The van der Waals surface area contributed by atoms with Crippen LogP contribution >= 0.6 is 62.6 Å². The molecule has 0 spiro atoms. The van der Waals surface area contributed by atoms with Gasteiger partial charge in [0.15, 0.2) is 11.4 Å². The van der Waals surface area contributed by atoms with Crippen LogP contribution in [0.1, 0.15) is 22.3 Å². The first-order valence-corrected chi connectivity index (χ1v) is 19.2. The molecule has 2 aromatic carbocycles. The number of thiophene rings is 2. The number of hydrogen-bond acceptors (Lipinski definition) is 4. The molecule has 51 heavy (non-hydrogen) atoms. The molecule has 2 heterocycles. The number of hydrogen-bond donors (Lipinski definition) is 0. The molecule has 0 unspecified atom stereocenters. The van der Waals surface area contributed by atoms with Crippen molar-refractivity contribution in [3.05, 3.63) is 162 Å². The molecule has 0 saturated carbocycles. The fourth-order valence-electron chi connectivity index (χ4n) is 5.61. The van der Waals surface area contributed by atoms with E-state index < -0.39 is 0 Å². The van der Waals surface area contributed by atoms with E-state index in [9.17, 15) is 0 Å². The average molecular weight is 821 g/mol. The molecule has 0 N–H and O–H groups in total. The van der Waals surface area contributed by atoms with Gasteiger partial charge in [-0.25, -0.2) is 9.15 Å². The van der Waals surface area contributed by atoms with Crippen molar-refractivity contribution in [2.75, 3.05) is 66.2 Å². The largest absolute Gasteiger partial charge is 0.378 e. The van der Waals surface area contributed by atoms with Gasteiger partial charge in [-0.1, -0.05) is 35.9 Å². The smallest absolute Gasteiger partial charge is 0.199 e. The number of benzene rings is 2. The lowest BCUT2D eigenvalue weighted by atomic mass is 9.92. The van der Waals surface area contributed by atoms with Crippen molar-refractivity contribution < 1.29 is 9.15 Å². The summed E-state index contributed by atoms with van der Waals surface area (Å²) in [5.74, 6) is 0. The summed E-state index contributed by atoms with van der Waals surface area (Å²) < 4.78 is 6.21. The first-order chi connectivity index (χ1) is 23.9. The van der Waals surface area contributed by atoms with Crippen LogP contribution in [0.15, 0.2) is 135 Å². The molecule has 0 atom stereocenters. The lowest BCUT2D eigenvalue weighted by Crippen LogP contribution is -2.10. The quantitative estimate of drug-likeness (QED) is 0.180. The minimum Gasteiger partial charge on any atom is -0.378 e. The van der Waals surface area contributed by atoms with Crippen molar-refractivity contribution >= 4 is 96.6 Å². The van der Waals surface area contributed by atoms with Crippen molar-refractivity contribution in [3.63, 3.8) is 0 Å². The van der Waals surface area contributed by atoms with Crippen LogP contribution in [0.5, 0.6) is 0 Å². The summed E-state index contributed by atoms with van der Waals surface area (Å²) in [6.07, 6.45) is 17.4. The standard InChI is InChI=1S/C21H22BrN2S.C21H22ClN2S.ClH/c2*1-23(2)17-9-5-15(6-10-17)20(19-13-14-25-21(19)22)16-7-11-18(12-8-16)24(3)4;/h2*5-14H,1-4H3;1H/q2*+1;. The molecule has 4 nitrogen and oxygen atoms in total. The normalized spacial score (nSPS) is 13.1. The van der Waals surface area contributed by atoms with E-state index in [0.29, 0.717) is 0 Å². The minimum atomic E-state index is 0. The van der Waals surface area contributed by atoms with Crippen molar-refractivity contribution in [2.45, 2.75) is 0 Å². The van der Waals surface area contributed by atoms with Gasteiger partial charge < -0.3 is 9.80 Å². The second-order valence-corrected chi connectivity index (χ2v) is 16.5. The van der Waals surface area contributed by atoms with Crippen molar-refractivity contribution in [3.8, 4) is 0 Å². The SMILES string of the molecule is CN(C)c1ccc(C(=C2C=CC(=[N+](C)C)C=C2)c2ccsc2Br)cc1.CN(C)c1ccc(C(=C2C=CC(=[N+](C)C)C=C2)c2ccsc2Cl)cc1.Cl. The summed E-state index contributed by atoms with van der Waals surface area (Å²) in [6.45, 7) is 0. The molecule has 9 heteroatoms. The summed E-state index contributed by atoms with van der Waals surface area (Å²) in [5.41, 5.74) is 14.3. The molecule has 0 radical (unpaired) electrons. The molecule has 0 bridgehead atoms. The van der Waals surface area contributed by atoms with Crippen LogP contribution in [0.3, 0.4) is 0 Å². The maximum atomic E-state index is 6.48. The van der Waals surface area contributed by atoms with Gasteiger partial charge in [-0.15, -0.1) is 35.1 Å². The highest BCUT2D eigenvalue weighted by atomic mass is 79.9. The Hall–Kier alpha value is -3.72. The van der Waals surface area contributed by atoms with Crippen LogP contribution in [0.25, 0.3) is 11.1 Å². The zero-order valence-electron chi connectivity index (χ0n) is 30.3. The van der Waals surface area contributed by atoms with E-state index in [0.717, 1.165) is 13.7 Å². The monoisotopic (exact) mass is 818 g/mol. The highest BCUT2D eigenvalue weighted by Crippen LogP contribution is 2.38. The Morgan fingerprint density at radius 1 is 0.549 bits per heavy atom. The summed E-state index contributed by atoms with van der Waals surface area (Å²) in [6, 6.07) is 21.6. The van der Waals surface area contributed by atoms with E-state index in [2.05, 4.69) is 206 Å². The Morgan fingerprint density at radius 2 is 0.922 bits per heavy atom. The summed E-state index contributed by atoms with van der Waals surface area (Å²) in [5, 5.41) is 4.17. The molecule has 2 aliphatic rings. The number of allylic oxidation sites excluding steroid dienone is 10. The number of anilines is 2. The first kappa shape index (κ1) is 40.1. The van der Waals surface area contributed by atoms with Gasteiger partial charge in [0.25, 0.3) is 0 Å². The second kappa shape index (κ2) is 18.2. The molecule has 2 aliphatic carbocycles. The zero-order valence-corrected chi connectivity index (χ0v) is 35.1. The van der Waals surface area contributed by atoms with E-state index in [-0.39, 0.29) is 12.4 Å². The van der Waals surface area contributed by atoms with E-state index in [1.165, 1.54) is 61.8 Å². The van der Waals surface area contributed by atoms with Gasteiger partial charge in [0, 0.05) is 75.0 Å². The van der Waals surface area contributed by atoms with Gasteiger partial charge in [0.05, 0.1) is 3.79 Å². The summed E-state index contributed by atoms with van der Waals surface area (Å²) in [4.78, 5) is 4.22. The van der Waals surface area contributed by atoms with Gasteiger partial charge >= 0.3 is 0 Å². The van der Waals surface area contributed by atoms with Crippen molar-refractivity contribution in [1.29, 1.82) is 0 Å². The van der Waals surface area contributed by atoms with E-state index >= 15 is 0 Å². The van der Waals surface area contributed by atoms with Gasteiger partial charge in [0.1, 0.15) is 32.5 Å². The third-order valence-corrected chi connectivity index (χ3v) is 11.3. The molecule has 0 fully saturated rings. The number of rotatable bonds is 6. The van der Waals surface area contributed by atoms with Crippen LogP contribution in [0, 0.1) is 0 Å². The molecular weight excluding hydrogens is 775 g/mol. The summed E-state index contributed by atoms with van der Waals surface area (Å²) >= 11 is 13.5. The molecule has 6 rings (SSSR count). The van der Waals surface area contributed by atoms with Crippen LogP contribution in [-0.4, -0.2) is 77.0 Å². The molecular formula is C42H45BrCl2N4S2+2. The van der Waals surface area contributed by atoms with Crippen LogP contribution in [0.4, 0.5) is 11.4 Å². The molecule has 0 aliphatic heterocycles. The third-order valence-electron chi connectivity index (χ3n) is 8.46. The van der Waals surface area contributed by atoms with Gasteiger partial charge in [-0.2, -0.15) is 0 Å². The van der Waals surface area contributed by atoms with E-state index in [1.807, 2.05) is 5.38 Å². The number of halogens is 3. The lowest BCUT2D eigenvalue weighted by Gasteiger charge is -2.16. The molecule has 0 saturated heterocycles. The highest BCUT2D eigenvalue weighted by molar-refractivity contribution is 9.11. The minimum absolute atomic E-state index is 0. The van der Waals surface area contributed by atoms with Crippen molar-refractivity contribution in [2.24, 2.45) is 0 Å². The summed E-state index contributed by atoms with van der Waals surface area (Å²) in [7, 11) is 16.5. The van der Waals surface area contributed by atoms with Crippen LogP contribution in [0.2, 0.25) is 4.34 Å². The number of nitrogens with zero attached hydrogens (tertiary/aromatic N) is 4. The topological polar surface area (TPSA) is 12.5 Å². The second-order valence-electron chi connectivity index (χ2n) is 12.7. The molecule has 4 aromatic rings. The predicted molar refractivity (Wildman–Crippen MR) is 233 cm³/mol. The maximum absolute atomic E-state index is 6.48. The van der Waals surface area contributed by atoms with Crippen LogP contribution < -0.4 is 9.80 Å². The Morgan fingerprint density at radius 3 is 1.24 bits per heavy atom. The fraction of sp³-hybridized carbons (Fsp3) is 0.190. The predicted octanol–water partition coefficient (Wildman–Crippen LogP) is 10.7. The van der Waals surface area contributed by atoms with Crippen LogP contribution in [-0.2, 0) is 0 Å².